The van der Waals surface area contributed by atoms with Gasteiger partial charge in [0.2, 0.25) is 17.7 Å². The Morgan fingerprint density at radius 1 is 0.735 bits per heavy atom. The van der Waals surface area contributed by atoms with Crippen LogP contribution in [-0.2, 0) is 28.7 Å². The molecule has 0 saturated heterocycles. The van der Waals surface area contributed by atoms with Gasteiger partial charge in [-0.1, -0.05) is 27.7 Å². The Morgan fingerprint density at radius 2 is 1.26 bits per heavy atom. The number of rotatable bonds is 11. The fourth-order valence-corrected chi connectivity index (χ4v) is 2.89. The van der Waals surface area contributed by atoms with Crippen LogP contribution in [0.1, 0.15) is 68.7 Å². The summed E-state index contributed by atoms with van der Waals surface area (Å²) in [5, 5.41) is 10.2. The maximum atomic E-state index is 12.8. The minimum absolute atomic E-state index is 0.0673. The minimum atomic E-state index is -0.991. The molecule has 0 unspecified atom stereocenters. The standard InChI is InChI=1S/C23H42N4O7/c1-12(2)11-16(19(29)25-15(6)21(31)33-10)26-18(28)14(5)24-20(30)17(13(3)4)27-22(32)34-23(7,8)9/h12-17H,11H2,1-10H3,(H,24,30)(H,25,29)(H,26,28)(H,27,32)/t14-,15-,16-,17-/m0/s1. The first-order valence-corrected chi connectivity index (χ1v) is 11.5. The van der Waals surface area contributed by atoms with Gasteiger partial charge in [-0.25, -0.2) is 9.59 Å². The molecule has 0 heterocycles. The van der Waals surface area contributed by atoms with Crippen molar-refractivity contribution in [3.05, 3.63) is 0 Å². The van der Waals surface area contributed by atoms with E-state index in [4.69, 9.17) is 4.74 Å². The van der Waals surface area contributed by atoms with E-state index in [0.29, 0.717) is 6.42 Å². The van der Waals surface area contributed by atoms with E-state index in [9.17, 15) is 24.0 Å². The lowest BCUT2D eigenvalue weighted by molar-refractivity contribution is -0.145. The highest BCUT2D eigenvalue weighted by Gasteiger charge is 2.31. The Balaban J connectivity index is 5.22. The zero-order chi connectivity index (χ0) is 26.8. The molecular weight excluding hydrogens is 444 g/mol. The highest BCUT2D eigenvalue weighted by Crippen LogP contribution is 2.10. The Bertz CT molecular complexity index is 731. The average Bonchev–Trinajstić information content (AvgIpc) is 2.68. The second-order valence-corrected chi connectivity index (χ2v) is 10.0. The molecule has 4 N–H and O–H groups in total. The van der Waals surface area contributed by atoms with Crippen LogP contribution < -0.4 is 21.3 Å². The molecule has 0 aliphatic carbocycles. The molecule has 4 atom stereocenters. The third kappa shape index (κ3) is 11.9. The van der Waals surface area contributed by atoms with E-state index in [1.54, 1.807) is 34.6 Å². The summed E-state index contributed by atoms with van der Waals surface area (Å²) in [4.78, 5) is 61.9. The van der Waals surface area contributed by atoms with E-state index in [2.05, 4.69) is 26.0 Å². The quantitative estimate of drug-likeness (QED) is 0.321. The first kappa shape index (κ1) is 31.1. The summed E-state index contributed by atoms with van der Waals surface area (Å²) in [6, 6.07) is -3.72. The average molecular weight is 487 g/mol. The van der Waals surface area contributed by atoms with Crippen LogP contribution in [-0.4, -0.2) is 66.7 Å². The second-order valence-electron chi connectivity index (χ2n) is 10.0. The number of ether oxygens (including phenoxy) is 2. The van der Waals surface area contributed by atoms with Crippen LogP contribution in [0.5, 0.6) is 0 Å². The Labute approximate surface area is 202 Å². The Hall–Kier alpha value is -2.85. The first-order valence-electron chi connectivity index (χ1n) is 11.5. The molecule has 196 valence electrons. The van der Waals surface area contributed by atoms with E-state index in [1.165, 1.54) is 21.0 Å². The maximum Gasteiger partial charge on any atom is 0.408 e. The maximum absolute atomic E-state index is 12.8. The molecule has 0 aromatic rings. The molecule has 0 bridgehead atoms. The SMILES string of the molecule is COC(=O)[C@H](C)NC(=O)[C@H](CC(C)C)NC(=O)[C@H](C)NC(=O)[C@@H](NC(=O)OC(C)(C)C)C(C)C. The molecule has 0 fully saturated rings. The lowest BCUT2D eigenvalue weighted by Gasteiger charge is -2.27. The van der Waals surface area contributed by atoms with Gasteiger partial charge < -0.3 is 30.7 Å². The number of carbonyl (C=O) groups is 5. The largest absolute Gasteiger partial charge is 0.467 e. The van der Waals surface area contributed by atoms with Crippen molar-refractivity contribution in [2.75, 3.05) is 7.11 Å². The normalized spacial score (nSPS) is 14.9. The smallest absolute Gasteiger partial charge is 0.408 e. The molecule has 0 saturated carbocycles. The molecule has 11 heteroatoms. The highest BCUT2D eigenvalue weighted by molar-refractivity contribution is 5.94. The summed E-state index contributed by atoms with van der Waals surface area (Å²) >= 11 is 0. The van der Waals surface area contributed by atoms with Gasteiger partial charge in [0.05, 0.1) is 7.11 Å². The van der Waals surface area contributed by atoms with Crippen LogP contribution in [0.4, 0.5) is 4.79 Å². The minimum Gasteiger partial charge on any atom is -0.467 e. The summed E-state index contributed by atoms with van der Waals surface area (Å²) in [5.74, 6) is -2.50. The van der Waals surface area contributed by atoms with Gasteiger partial charge in [-0.15, -0.1) is 0 Å². The number of hydrogen-bond acceptors (Lipinski definition) is 7. The number of esters is 1. The van der Waals surface area contributed by atoms with Crippen LogP contribution in [0.15, 0.2) is 0 Å². The van der Waals surface area contributed by atoms with Gasteiger partial charge in [0.15, 0.2) is 0 Å². The van der Waals surface area contributed by atoms with Gasteiger partial charge in [-0.2, -0.15) is 0 Å². The lowest BCUT2D eigenvalue weighted by Crippen LogP contribution is -2.58. The fraction of sp³-hybridized carbons (Fsp3) is 0.783. The van der Waals surface area contributed by atoms with E-state index >= 15 is 0 Å². The van der Waals surface area contributed by atoms with Crippen molar-refractivity contribution in [2.45, 2.75) is 98.5 Å². The summed E-state index contributed by atoms with van der Waals surface area (Å²) in [5.41, 5.74) is -0.730. The van der Waals surface area contributed by atoms with Crippen molar-refractivity contribution in [1.82, 2.24) is 21.3 Å². The van der Waals surface area contributed by atoms with Crippen molar-refractivity contribution in [3.8, 4) is 0 Å². The van der Waals surface area contributed by atoms with Crippen LogP contribution in [0.2, 0.25) is 0 Å². The van der Waals surface area contributed by atoms with E-state index in [-0.39, 0.29) is 11.8 Å². The van der Waals surface area contributed by atoms with Gasteiger partial charge in [-0.05, 0) is 52.9 Å². The number of alkyl carbamates (subject to hydrolysis) is 1. The van der Waals surface area contributed by atoms with E-state index < -0.39 is 59.6 Å². The van der Waals surface area contributed by atoms with Gasteiger partial charge in [0, 0.05) is 0 Å². The van der Waals surface area contributed by atoms with Crippen LogP contribution >= 0.6 is 0 Å². The molecule has 0 aliphatic rings. The number of methoxy groups -OCH3 is 1. The van der Waals surface area contributed by atoms with Gasteiger partial charge in [0.1, 0.15) is 29.8 Å². The molecule has 4 amide bonds. The summed E-state index contributed by atoms with van der Waals surface area (Å²) in [6.45, 7) is 15.3. The van der Waals surface area contributed by atoms with Crippen molar-refractivity contribution < 1.29 is 33.4 Å². The van der Waals surface area contributed by atoms with Crippen LogP contribution in [0, 0.1) is 11.8 Å². The van der Waals surface area contributed by atoms with Crippen molar-refractivity contribution in [2.24, 2.45) is 11.8 Å². The molecule has 0 aromatic carbocycles. The first-order chi connectivity index (χ1) is 15.5. The molecule has 34 heavy (non-hydrogen) atoms. The zero-order valence-corrected chi connectivity index (χ0v) is 22.0. The number of nitrogens with one attached hydrogen (secondary N) is 4. The topological polar surface area (TPSA) is 152 Å². The Kier molecular flexibility index (Phi) is 12.6. The number of carbonyl (C=O) groups excluding carboxylic acids is 5. The highest BCUT2D eigenvalue weighted by atomic mass is 16.6. The van der Waals surface area contributed by atoms with Gasteiger partial charge >= 0.3 is 12.1 Å². The zero-order valence-electron chi connectivity index (χ0n) is 22.0. The molecular formula is C23H42N4O7. The molecule has 0 rings (SSSR count). The summed E-state index contributed by atoms with van der Waals surface area (Å²) in [6.07, 6.45) is -0.423. The van der Waals surface area contributed by atoms with Gasteiger partial charge in [-0.3, -0.25) is 14.4 Å². The molecule has 0 radical (unpaired) electrons. The predicted molar refractivity (Wildman–Crippen MR) is 127 cm³/mol. The monoisotopic (exact) mass is 486 g/mol. The van der Waals surface area contributed by atoms with Crippen molar-refractivity contribution in [3.63, 3.8) is 0 Å². The van der Waals surface area contributed by atoms with Crippen LogP contribution in [0.25, 0.3) is 0 Å². The third-order valence-corrected chi connectivity index (χ3v) is 4.63. The van der Waals surface area contributed by atoms with Crippen molar-refractivity contribution >= 4 is 29.8 Å². The lowest BCUT2D eigenvalue weighted by atomic mass is 10.0. The van der Waals surface area contributed by atoms with Gasteiger partial charge in [0.25, 0.3) is 0 Å². The summed E-state index contributed by atoms with van der Waals surface area (Å²) < 4.78 is 9.81. The van der Waals surface area contributed by atoms with E-state index in [0.717, 1.165) is 0 Å². The molecule has 0 spiro atoms. The molecule has 0 aliphatic heterocycles. The predicted octanol–water partition coefficient (Wildman–Crippen LogP) is 1.25. The van der Waals surface area contributed by atoms with E-state index in [1.807, 2.05) is 13.8 Å². The summed E-state index contributed by atoms with van der Waals surface area (Å²) in [7, 11) is 1.21. The molecule has 11 nitrogen and oxygen atoms in total. The Morgan fingerprint density at radius 3 is 1.71 bits per heavy atom. The van der Waals surface area contributed by atoms with Crippen LogP contribution in [0.3, 0.4) is 0 Å². The fourth-order valence-electron chi connectivity index (χ4n) is 2.89. The van der Waals surface area contributed by atoms with Crippen molar-refractivity contribution in [1.29, 1.82) is 0 Å². The number of amides is 4. The third-order valence-electron chi connectivity index (χ3n) is 4.63. The molecule has 0 aromatic heterocycles. The number of hydrogen-bond donors (Lipinski definition) is 4. The second kappa shape index (κ2) is 13.8.